The van der Waals surface area contributed by atoms with Gasteiger partial charge in [-0.1, -0.05) is 18.9 Å². The summed E-state index contributed by atoms with van der Waals surface area (Å²) in [5.41, 5.74) is 1.13. The van der Waals surface area contributed by atoms with Crippen molar-refractivity contribution < 1.29 is 9.59 Å². The number of nitrogens with one attached hydrogen (secondary N) is 3. The molecule has 3 N–H and O–H groups in total. The van der Waals surface area contributed by atoms with Crippen molar-refractivity contribution in [3.8, 4) is 0 Å². The summed E-state index contributed by atoms with van der Waals surface area (Å²) in [6.07, 6.45) is 7.69. The fraction of sp³-hybridized carbons (Fsp3) is 0.611. The highest BCUT2D eigenvalue weighted by atomic mass is 16.2. The molecular formula is C18H28N4O2. The number of aromatic nitrogens is 1. The molecule has 1 fully saturated rings. The van der Waals surface area contributed by atoms with E-state index < -0.39 is 0 Å². The van der Waals surface area contributed by atoms with Crippen molar-refractivity contribution in [2.45, 2.75) is 57.9 Å². The van der Waals surface area contributed by atoms with Gasteiger partial charge in [-0.2, -0.15) is 0 Å². The maximum atomic E-state index is 11.8. The Morgan fingerprint density at radius 3 is 2.58 bits per heavy atom. The summed E-state index contributed by atoms with van der Waals surface area (Å²) < 4.78 is 0. The molecule has 24 heavy (non-hydrogen) atoms. The zero-order valence-corrected chi connectivity index (χ0v) is 14.4. The van der Waals surface area contributed by atoms with Gasteiger partial charge < -0.3 is 16.0 Å². The summed E-state index contributed by atoms with van der Waals surface area (Å²) in [6, 6.07) is 4.27. The van der Waals surface area contributed by atoms with Gasteiger partial charge in [0.2, 0.25) is 11.8 Å². The van der Waals surface area contributed by atoms with Crippen molar-refractivity contribution >= 4 is 17.6 Å². The molecule has 0 radical (unpaired) electrons. The first-order chi connectivity index (χ1) is 11.6. The van der Waals surface area contributed by atoms with Crippen LogP contribution in [0.5, 0.6) is 0 Å². The van der Waals surface area contributed by atoms with Gasteiger partial charge in [-0.25, -0.2) is 4.98 Å². The van der Waals surface area contributed by atoms with E-state index in [0.29, 0.717) is 12.6 Å². The van der Waals surface area contributed by atoms with Gasteiger partial charge in [0.25, 0.3) is 0 Å². The molecule has 0 bridgehead atoms. The number of carbonyl (C=O) groups is 2. The Morgan fingerprint density at radius 2 is 1.88 bits per heavy atom. The van der Waals surface area contributed by atoms with E-state index in [1.807, 2.05) is 25.3 Å². The molecule has 1 aliphatic rings. The maximum Gasteiger partial charge on any atom is 0.220 e. The normalized spacial score (nSPS) is 14.4. The highest BCUT2D eigenvalue weighted by Crippen LogP contribution is 2.17. The van der Waals surface area contributed by atoms with E-state index in [-0.39, 0.29) is 24.7 Å². The lowest BCUT2D eigenvalue weighted by molar-refractivity contribution is -0.126. The van der Waals surface area contributed by atoms with Crippen LogP contribution in [0.4, 0.5) is 5.82 Å². The summed E-state index contributed by atoms with van der Waals surface area (Å²) in [7, 11) is 0. The fourth-order valence-electron chi connectivity index (χ4n) is 2.79. The van der Waals surface area contributed by atoms with E-state index in [4.69, 9.17) is 0 Å². The Balaban J connectivity index is 1.48. The third-order valence-electron chi connectivity index (χ3n) is 4.19. The molecule has 2 rings (SSSR count). The number of pyridine rings is 1. The molecule has 1 aliphatic carbocycles. The fourth-order valence-corrected chi connectivity index (χ4v) is 2.79. The summed E-state index contributed by atoms with van der Waals surface area (Å²) in [5.74, 6) is 0.768. The molecule has 1 saturated carbocycles. The average Bonchev–Trinajstić information content (AvgIpc) is 3.07. The van der Waals surface area contributed by atoms with Crippen LogP contribution in [0.2, 0.25) is 0 Å². The topological polar surface area (TPSA) is 83.1 Å². The van der Waals surface area contributed by atoms with E-state index in [0.717, 1.165) is 37.2 Å². The maximum absolute atomic E-state index is 11.8. The van der Waals surface area contributed by atoms with Gasteiger partial charge in [-0.15, -0.1) is 0 Å². The van der Waals surface area contributed by atoms with Crippen molar-refractivity contribution in [1.82, 2.24) is 15.6 Å². The third kappa shape index (κ3) is 6.98. The largest absolute Gasteiger partial charge is 0.370 e. The van der Waals surface area contributed by atoms with Crippen LogP contribution in [-0.4, -0.2) is 35.9 Å². The van der Waals surface area contributed by atoms with Gasteiger partial charge in [0.1, 0.15) is 5.82 Å². The molecule has 0 aliphatic heterocycles. The van der Waals surface area contributed by atoms with Crippen molar-refractivity contribution in [1.29, 1.82) is 0 Å². The van der Waals surface area contributed by atoms with E-state index in [1.165, 1.54) is 12.8 Å². The molecule has 2 amide bonds. The highest BCUT2D eigenvalue weighted by molar-refractivity contribution is 5.83. The Labute approximate surface area is 143 Å². The smallest absolute Gasteiger partial charge is 0.220 e. The molecule has 1 heterocycles. The SMILES string of the molecule is Cc1ccc(NCCCNC(=O)CCC(=O)NC2CCCC2)nc1. The zero-order valence-electron chi connectivity index (χ0n) is 14.4. The van der Waals surface area contributed by atoms with Crippen molar-refractivity contribution in [3.63, 3.8) is 0 Å². The Kier molecular flexibility index (Phi) is 7.52. The molecule has 1 aromatic rings. The lowest BCUT2D eigenvalue weighted by atomic mass is 10.2. The zero-order chi connectivity index (χ0) is 17.2. The van der Waals surface area contributed by atoms with E-state index in [9.17, 15) is 9.59 Å². The second-order valence-electron chi connectivity index (χ2n) is 6.40. The number of hydrogen-bond donors (Lipinski definition) is 3. The first-order valence-corrected chi connectivity index (χ1v) is 8.86. The van der Waals surface area contributed by atoms with Crippen LogP contribution >= 0.6 is 0 Å². The van der Waals surface area contributed by atoms with Crippen LogP contribution < -0.4 is 16.0 Å². The minimum absolute atomic E-state index is 0.0100. The number of nitrogens with zero attached hydrogens (tertiary/aromatic N) is 1. The van der Waals surface area contributed by atoms with Crippen molar-refractivity contribution in [2.24, 2.45) is 0 Å². The van der Waals surface area contributed by atoms with Crippen LogP contribution in [0.15, 0.2) is 18.3 Å². The monoisotopic (exact) mass is 332 g/mol. The molecule has 0 atom stereocenters. The van der Waals surface area contributed by atoms with Crippen molar-refractivity contribution in [2.75, 3.05) is 18.4 Å². The van der Waals surface area contributed by atoms with E-state index >= 15 is 0 Å². The van der Waals surface area contributed by atoms with Crippen molar-refractivity contribution in [3.05, 3.63) is 23.9 Å². The average molecular weight is 332 g/mol. The third-order valence-corrected chi connectivity index (χ3v) is 4.19. The molecule has 1 aromatic heterocycles. The molecule has 6 nitrogen and oxygen atoms in total. The predicted molar refractivity (Wildman–Crippen MR) is 94.7 cm³/mol. The van der Waals surface area contributed by atoms with Crippen LogP contribution in [0, 0.1) is 6.92 Å². The lowest BCUT2D eigenvalue weighted by Gasteiger charge is -2.11. The first kappa shape index (κ1) is 18.2. The van der Waals surface area contributed by atoms with Crippen LogP contribution in [-0.2, 0) is 9.59 Å². The van der Waals surface area contributed by atoms with Gasteiger partial charge in [0.15, 0.2) is 0 Å². The number of amides is 2. The number of hydrogen-bond acceptors (Lipinski definition) is 4. The second-order valence-corrected chi connectivity index (χ2v) is 6.40. The number of carbonyl (C=O) groups excluding carboxylic acids is 2. The second kappa shape index (κ2) is 9.90. The Hall–Kier alpha value is -2.11. The van der Waals surface area contributed by atoms with Gasteiger partial charge >= 0.3 is 0 Å². The molecule has 6 heteroatoms. The quantitative estimate of drug-likeness (QED) is 0.605. The van der Waals surface area contributed by atoms with E-state index in [2.05, 4.69) is 20.9 Å². The Bertz CT molecular complexity index is 524. The van der Waals surface area contributed by atoms with E-state index in [1.54, 1.807) is 0 Å². The van der Waals surface area contributed by atoms with Crippen LogP contribution in [0.3, 0.4) is 0 Å². The highest BCUT2D eigenvalue weighted by Gasteiger charge is 2.17. The molecule has 0 aromatic carbocycles. The first-order valence-electron chi connectivity index (χ1n) is 8.86. The van der Waals surface area contributed by atoms with Crippen LogP contribution in [0.1, 0.15) is 50.5 Å². The molecular weight excluding hydrogens is 304 g/mol. The van der Waals surface area contributed by atoms with Gasteiger partial charge in [-0.05, 0) is 37.8 Å². The minimum atomic E-state index is -0.0648. The number of rotatable bonds is 9. The molecule has 132 valence electrons. The lowest BCUT2D eigenvalue weighted by Crippen LogP contribution is -2.34. The summed E-state index contributed by atoms with van der Waals surface area (Å²) in [6.45, 7) is 3.35. The van der Waals surface area contributed by atoms with Gasteiger partial charge in [0.05, 0.1) is 0 Å². The Morgan fingerprint density at radius 1 is 1.12 bits per heavy atom. The molecule has 0 unspecified atom stereocenters. The van der Waals surface area contributed by atoms with Gasteiger partial charge in [-0.3, -0.25) is 9.59 Å². The molecule has 0 spiro atoms. The minimum Gasteiger partial charge on any atom is -0.370 e. The van der Waals surface area contributed by atoms with Gasteiger partial charge in [0, 0.05) is 38.2 Å². The standard InChI is InChI=1S/C18H28N4O2/c1-14-7-8-16(21-13-14)19-11-4-12-20-17(23)9-10-18(24)22-15-5-2-3-6-15/h7-8,13,15H,2-6,9-12H2,1H3,(H,19,21)(H,20,23)(H,22,24). The number of aryl methyl sites for hydroxylation is 1. The summed E-state index contributed by atoms with van der Waals surface area (Å²) in [5, 5.41) is 9.05. The summed E-state index contributed by atoms with van der Waals surface area (Å²) >= 11 is 0. The number of anilines is 1. The summed E-state index contributed by atoms with van der Waals surface area (Å²) in [4.78, 5) is 27.7. The van der Waals surface area contributed by atoms with Crippen LogP contribution in [0.25, 0.3) is 0 Å². The predicted octanol–water partition coefficient (Wildman–Crippen LogP) is 2.15. The molecule has 0 saturated heterocycles.